The molecule has 0 aromatic carbocycles. The topological polar surface area (TPSA) is 72.4 Å². The van der Waals surface area contributed by atoms with Gasteiger partial charge in [0.15, 0.2) is 5.76 Å². The van der Waals surface area contributed by atoms with Gasteiger partial charge in [0, 0.05) is 19.0 Å². The van der Waals surface area contributed by atoms with Crippen LogP contribution in [0.3, 0.4) is 0 Å². The summed E-state index contributed by atoms with van der Waals surface area (Å²) in [6, 6.07) is 3.74. The molecule has 2 fully saturated rings. The molecule has 0 N–H and O–H groups in total. The normalized spacial score (nSPS) is 22.3. The second kappa shape index (κ2) is 7.02. The third-order valence-electron chi connectivity index (χ3n) is 5.44. The maximum atomic E-state index is 12.8. The third-order valence-corrected chi connectivity index (χ3v) is 5.44. The number of carbonyl (C=O) groups excluding carboxylic acids is 1. The second-order valence-electron chi connectivity index (χ2n) is 7.32. The Morgan fingerprint density at radius 1 is 1.16 bits per heavy atom. The van der Waals surface area contributed by atoms with Crippen LogP contribution in [0.15, 0.2) is 21.1 Å². The number of carbonyl (C=O) groups is 1. The first kappa shape index (κ1) is 16.4. The van der Waals surface area contributed by atoms with Gasteiger partial charge in [0.2, 0.25) is 17.6 Å². The Balaban J connectivity index is 1.44. The molecule has 1 amide bonds. The van der Waals surface area contributed by atoms with Crippen LogP contribution in [-0.4, -0.2) is 34.0 Å². The highest BCUT2D eigenvalue weighted by atomic mass is 16.5. The number of likely N-dealkylation sites (tertiary alicyclic amines) is 1. The van der Waals surface area contributed by atoms with E-state index >= 15 is 0 Å². The first-order chi connectivity index (χ1) is 12.2. The van der Waals surface area contributed by atoms with Crippen LogP contribution in [0.4, 0.5) is 0 Å². The van der Waals surface area contributed by atoms with Gasteiger partial charge in [0.1, 0.15) is 5.76 Å². The number of hydrogen-bond acceptors (Lipinski definition) is 5. The first-order valence-electron chi connectivity index (χ1n) is 9.40. The van der Waals surface area contributed by atoms with E-state index in [-0.39, 0.29) is 11.8 Å². The Labute approximate surface area is 147 Å². The minimum atomic E-state index is 0.124. The van der Waals surface area contributed by atoms with Crippen LogP contribution in [0.1, 0.15) is 62.5 Å². The fourth-order valence-electron chi connectivity index (χ4n) is 4.04. The van der Waals surface area contributed by atoms with Gasteiger partial charge >= 0.3 is 0 Å². The molecule has 1 saturated heterocycles. The summed E-state index contributed by atoms with van der Waals surface area (Å²) in [5.41, 5.74) is 0. The minimum Gasteiger partial charge on any atom is -0.458 e. The van der Waals surface area contributed by atoms with E-state index in [1.807, 2.05) is 24.0 Å². The second-order valence-corrected chi connectivity index (χ2v) is 7.32. The average Bonchev–Trinajstić information content (AvgIpc) is 3.31. The van der Waals surface area contributed by atoms with E-state index in [9.17, 15) is 4.79 Å². The lowest BCUT2D eigenvalue weighted by Crippen LogP contribution is -2.42. The molecule has 1 atom stereocenters. The molecule has 25 heavy (non-hydrogen) atoms. The number of furan rings is 1. The van der Waals surface area contributed by atoms with E-state index in [1.54, 1.807) is 0 Å². The molecule has 4 rings (SSSR count). The highest BCUT2D eigenvalue weighted by Gasteiger charge is 2.32. The summed E-state index contributed by atoms with van der Waals surface area (Å²) in [4.78, 5) is 19.3. The van der Waals surface area contributed by atoms with E-state index in [0.29, 0.717) is 29.9 Å². The molecule has 2 aromatic heterocycles. The van der Waals surface area contributed by atoms with Crippen molar-refractivity contribution in [3.8, 4) is 11.6 Å². The minimum absolute atomic E-state index is 0.124. The van der Waals surface area contributed by atoms with Gasteiger partial charge in [0.25, 0.3) is 0 Å². The van der Waals surface area contributed by atoms with E-state index in [2.05, 4.69) is 10.1 Å². The monoisotopic (exact) mass is 343 g/mol. The molecule has 6 nitrogen and oxygen atoms in total. The maximum Gasteiger partial charge on any atom is 0.238 e. The molecule has 0 bridgehead atoms. The quantitative estimate of drug-likeness (QED) is 0.844. The molecule has 3 heterocycles. The molecule has 2 aromatic rings. The van der Waals surface area contributed by atoms with E-state index in [0.717, 1.165) is 38.0 Å². The van der Waals surface area contributed by atoms with Gasteiger partial charge in [-0.2, -0.15) is 4.98 Å². The molecular weight excluding hydrogens is 318 g/mol. The fraction of sp³-hybridized carbons (Fsp3) is 0.632. The van der Waals surface area contributed by atoms with Crippen LogP contribution in [-0.2, 0) is 4.79 Å². The fourth-order valence-corrected chi connectivity index (χ4v) is 4.04. The summed E-state index contributed by atoms with van der Waals surface area (Å²) in [6.07, 6.45) is 7.69. The van der Waals surface area contributed by atoms with Gasteiger partial charge in [-0.1, -0.05) is 24.4 Å². The van der Waals surface area contributed by atoms with Crippen molar-refractivity contribution in [2.45, 2.75) is 57.8 Å². The number of nitrogens with zero attached hydrogens (tertiary/aromatic N) is 3. The number of piperidine rings is 1. The van der Waals surface area contributed by atoms with E-state index in [4.69, 9.17) is 8.94 Å². The van der Waals surface area contributed by atoms with Crippen LogP contribution >= 0.6 is 0 Å². The summed E-state index contributed by atoms with van der Waals surface area (Å²) in [7, 11) is 0. The Bertz CT molecular complexity index is 730. The zero-order chi connectivity index (χ0) is 17.2. The summed E-state index contributed by atoms with van der Waals surface area (Å²) >= 11 is 0. The number of hydrogen-bond donors (Lipinski definition) is 0. The molecule has 0 radical (unpaired) electrons. The summed E-state index contributed by atoms with van der Waals surface area (Å²) in [5.74, 6) is 3.21. The molecule has 134 valence electrons. The Morgan fingerprint density at radius 3 is 2.76 bits per heavy atom. The molecule has 0 spiro atoms. The van der Waals surface area contributed by atoms with Crippen molar-refractivity contribution in [3.63, 3.8) is 0 Å². The largest absolute Gasteiger partial charge is 0.458 e. The number of rotatable bonds is 3. The van der Waals surface area contributed by atoms with Crippen LogP contribution in [0, 0.1) is 12.8 Å². The third kappa shape index (κ3) is 3.48. The Kier molecular flexibility index (Phi) is 4.59. The predicted molar refractivity (Wildman–Crippen MR) is 91.9 cm³/mol. The zero-order valence-electron chi connectivity index (χ0n) is 14.7. The van der Waals surface area contributed by atoms with E-state index in [1.165, 1.54) is 19.3 Å². The lowest BCUT2D eigenvalue weighted by molar-refractivity contribution is -0.137. The van der Waals surface area contributed by atoms with Gasteiger partial charge < -0.3 is 13.8 Å². The summed E-state index contributed by atoms with van der Waals surface area (Å²) in [6.45, 7) is 3.43. The smallest absolute Gasteiger partial charge is 0.238 e. The van der Waals surface area contributed by atoms with Gasteiger partial charge in [0.05, 0.1) is 5.92 Å². The van der Waals surface area contributed by atoms with Crippen LogP contribution in [0.5, 0.6) is 0 Å². The molecule has 1 saturated carbocycles. The molecule has 1 unspecified atom stereocenters. The van der Waals surface area contributed by atoms with Crippen molar-refractivity contribution in [2.24, 2.45) is 5.92 Å². The lowest BCUT2D eigenvalue weighted by atomic mass is 9.87. The highest BCUT2D eigenvalue weighted by Crippen LogP contribution is 2.31. The predicted octanol–water partition coefficient (Wildman–Crippen LogP) is 3.92. The number of aromatic nitrogens is 2. The van der Waals surface area contributed by atoms with Gasteiger partial charge in [-0.3, -0.25) is 4.79 Å². The van der Waals surface area contributed by atoms with Crippen molar-refractivity contribution in [2.75, 3.05) is 13.1 Å². The molecule has 1 aliphatic carbocycles. The van der Waals surface area contributed by atoms with Crippen molar-refractivity contribution >= 4 is 5.91 Å². The van der Waals surface area contributed by atoms with Crippen molar-refractivity contribution < 1.29 is 13.7 Å². The lowest BCUT2D eigenvalue weighted by Gasteiger charge is -2.34. The van der Waals surface area contributed by atoms with Crippen molar-refractivity contribution in [1.82, 2.24) is 15.0 Å². The van der Waals surface area contributed by atoms with Crippen molar-refractivity contribution in [1.29, 1.82) is 0 Å². The standard InChI is InChI=1S/C19H25N3O3/c1-13-9-10-16(24-13)17-20-18(25-21-17)15-8-5-11-22(12-15)19(23)14-6-3-2-4-7-14/h9-10,14-15H,2-8,11-12H2,1H3. The Hall–Kier alpha value is -2.11. The first-order valence-corrected chi connectivity index (χ1v) is 9.40. The van der Waals surface area contributed by atoms with Gasteiger partial charge in [-0.15, -0.1) is 0 Å². The van der Waals surface area contributed by atoms with Crippen LogP contribution in [0.2, 0.25) is 0 Å². The zero-order valence-corrected chi connectivity index (χ0v) is 14.7. The molecule has 6 heteroatoms. The van der Waals surface area contributed by atoms with Crippen molar-refractivity contribution in [3.05, 3.63) is 23.8 Å². The van der Waals surface area contributed by atoms with Crippen LogP contribution in [0.25, 0.3) is 11.6 Å². The SMILES string of the molecule is Cc1ccc(-c2noc(C3CCCN(C(=O)C4CCCCC4)C3)n2)o1. The average molecular weight is 343 g/mol. The van der Waals surface area contributed by atoms with Crippen LogP contribution < -0.4 is 0 Å². The van der Waals surface area contributed by atoms with Gasteiger partial charge in [-0.25, -0.2) is 0 Å². The number of amides is 1. The highest BCUT2D eigenvalue weighted by molar-refractivity contribution is 5.79. The van der Waals surface area contributed by atoms with E-state index < -0.39 is 0 Å². The maximum absolute atomic E-state index is 12.8. The summed E-state index contributed by atoms with van der Waals surface area (Å²) < 4.78 is 11.0. The summed E-state index contributed by atoms with van der Waals surface area (Å²) in [5, 5.41) is 4.05. The Morgan fingerprint density at radius 2 is 2.00 bits per heavy atom. The molecule has 1 aliphatic heterocycles. The van der Waals surface area contributed by atoms with Gasteiger partial charge in [-0.05, 0) is 44.7 Å². The number of aryl methyl sites for hydroxylation is 1. The molecule has 2 aliphatic rings. The molecular formula is C19H25N3O3.